The van der Waals surface area contributed by atoms with E-state index in [4.69, 9.17) is 0 Å². The Morgan fingerprint density at radius 1 is 1.42 bits per heavy atom. The van der Waals surface area contributed by atoms with Crippen LogP contribution in [0.15, 0.2) is 46.2 Å². The Kier molecular flexibility index (Phi) is 6.85. The van der Waals surface area contributed by atoms with Crippen molar-refractivity contribution in [1.29, 1.82) is 0 Å². The van der Waals surface area contributed by atoms with Gasteiger partial charge in [-0.25, -0.2) is 4.99 Å². The minimum Gasteiger partial charge on any atom is -0.511 e. The lowest BCUT2D eigenvalue weighted by atomic mass is 9.99. The molecule has 2 aliphatic heterocycles. The number of amidine groups is 1. The van der Waals surface area contributed by atoms with Gasteiger partial charge in [-0.3, -0.25) is 4.79 Å². The highest BCUT2D eigenvalue weighted by Gasteiger charge is 2.16. The number of amides is 1. The highest BCUT2D eigenvalue weighted by molar-refractivity contribution is 7.10. The van der Waals surface area contributed by atoms with Gasteiger partial charge in [-0.1, -0.05) is 6.07 Å². The van der Waals surface area contributed by atoms with Crippen molar-refractivity contribution in [3.05, 3.63) is 46.1 Å². The molecule has 140 valence electrons. The molecule has 0 bridgehead atoms. The van der Waals surface area contributed by atoms with Crippen LogP contribution in [0.2, 0.25) is 0 Å². The summed E-state index contributed by atoms with van der Waals surface area (Å²) in [4.78, 5) is 18.2. The fraction of sp³-hybridized carbons (Fsp3) is 0.474. The first-order valence-corrected chi connectivity index (χ1v) is 10.0. The number of thiophene rings is 1. The van der Waals surface area contributed by atoms with Gasteiger partial charge in [-0.2, -0.15) is 0 Å². The number of allylic oxidation sites excluding steroid dienone is 1. The van der Waals surface area contributed by atoms with Gasteiger partial charge in [0.15, 0.2) is 0 Å². The van der Waals surface area contributed by atoms with Crippen molar-refractivity contribution < 1.29 is 9.90 Å². The zero-order valence-electron chi connectivity index (χ0n) is 14.8. The largest absolute Gasteiger partial charge is 0.511 e. The number of hydrogen-bond acceptors (Lipinski definition) is 6. The topological polar surface area (TPSA) is 85.8 Å². The molecule has 7 heteroatoms. The Labute approximate surface area is 158 Å². The summed E-state index contributed by atoms with van der Waals surface area (Å²) in [5.74, 6) is 1.32. The molecule has 1 saturated heterocycles. The maximum Gasteiger partial charge on any atom is 0.248 e. The van der Waals surface area contributed by atoms with Crippen LogP contribution in [-0.4, -0.2) is 36.5 Å². The number of nitrogens with zero attached hydrogens (tertiary/aromatic N) is 1. The first-order chi connectivity index (χ1) is 12.7. The van der Waals surface area contributed by atoms with Crippen LogP contribution in [0.5, 0.6) is 0 Å². The fourth-order valence-corrected chi connectivity index (χ4v) is 3.76. The number of aliphatic hydroxyl groups is 1. The Bertz CT molecular complexity index is 688. The van der Waals surface area contributed by atoms with Crippen molar-refractivity contribution in [3.8, 4) is 0 Å². The fourth-order valence-electron chi connectivity index (χ4n) is 3.05. The molecular weight excluding hydrogens is 348 g/mol. The number of hydrogen-bond donors (Lipinski definition) is 4. The third-order valence-electron chi connectivity index (χ3n) is 4.60. The minimum absolute atomic E-state index is 0.0931. The zero-order valence-corrected chi connectivity index (χ0v) is 15.6. The number of carbonyl (C=O) groups is 1. The summed E-state index contributed by atoms with van der Waals surface area (Å²) >= 11 is 1.66. The Morgan fingerprint density at radius 2 is 2.35 bits per heavy atom. The molecule has 0 aliphatic carbocycles. The minimum atomic E-state index is -0.0931. The van der Waals surface area contributed by atoms with Crippen LogP contribution in [0.1, 0.15) is 30.6 Å². The van der Waals surface area contributed by atoms with Gasteiger partial charge in [0.25, 0.3) is 0 Å². The van der Waals surface area contributed by atoms with Crippen LogP contribution < -0.4 is 16.0 Å². The van der Waals surface area contributed by atoms with Gasteiger partial charge in [0, 0.05) is 42.2 Å². The number of aliphatic hydroxyl groups excluding tert-OH is 1. The summed E-state index contributed by atoms with van der Waals surface area (Å²) in [5, 5.41) is 21.5. The van der Waals surface area contributed by atoms with Crippen LogP contribution in [0.4, 0.5) is 0 Å². The Balaban J connectivity index is 1.65. The lowest BCUT2D eigenvalue weighted by molar-refractivity contribution is -0.117. The van der Waals surface area contributed by atoms with Gasteiger partial charge in [0.1, 0.15) is 11.6 Å². The summed E-state index contributed by atoms with van der Waals surface area (Å²) < 4.78 is 0. The molecule has 26 heavy (non-hydrogen) atoms. The maximum absolute atomic E-state index is 12.6. The molecule has 0 unspecified atom stereocenters. The highest BCUT2D eigenvalue weighted by atomic mass is 32.1. The second-order valence-electron chi connectivity index (χ2n) is 6.69. The zero-order chi connectivity index (χ0) is 18.2. The number of carbonyl (C=O) groups excluding carboxylic acids is 1. The molecule has 3 heterocycles. The van der Waals surface area contributed by atoms with E-state index in [-0.39, 0.29) is 11.7 Å². The molecule has 3 rings (SSSR count). The average molecular weight is 375 g/mol. The molecule has 1 fully saturated rings. The van der Waals surface area contributed by atoms with Gasteiger partial charge in [-0.15, -0.1) is 11.3 Å². The van der Waals surface area contributed by atoms with Crippen molar-refractivity contribution in [2.75, 3.05) is 19.6 Å². The summed E-state index contributed by atoms with van der Waals surface area (Å²) in [6, 6.07) is 4.04. The number of rotatable bonds is 5. The monoisotopic (exact) mass is 374 g/mol. The van der Waals surface area contributed by atoms with Gasteiger partial charge in [-0.05, 0) is 49.7 Å². The third-order valence-corrected chi connectivity index (χ3v) is 5.47. The molecule has 0 saturated carbocycles. The lowest BCUT2D eigenvalue weighted by Crippen LogP contribution is -2.38. The molecule has 1 aromatic rings. The van der Waals surface area contributed by atoms with Crippen LogP contribution in [-0.2, 0) is 11.2 Å². The van der Waals surface area contributed by atoms with Crippen molar-refractivity contribution in [1.82, 2.24) is 16.0 Å². The van der Waals surface area contributed by atoms with Crippen molar-refractivity contribution in [2.24, 2.45) is 10.9 Å². The predicted octanol–water partition coefficient (Wildman–Crippen LogP) is 2.47. The second kappa shape index (κ2) is 9.54. The van der Waals surface area contributed by atoms with Crippen LogP contribution in [0, 0.1) is 5.92 Å². The summed E-state index contributed by atoms with van der Waals surface area (Å²) in [6.45, 7) is 2.70. The van der Waals surface area contributed by atoms with E-state index in [0.29, 0.717) is 43.1 Å². The second-order valence-corrected chi connectivity index (χ2v) is 7.72. The number of aliphatic imine (C=N–C) groups is 1. The normalized spacial score (nSPS) is 25.2. The molecule has 1 aromatic heterocycles. The molecule has 0 radical (unpaired) electrons. The Morgan fingerprint density at radius 3 is 3.12 bits per heavy atom. The van der Waals surface area contributed by atoms with Crippen LogP contribution >= 0.6 is 11.3 Å². The number of piperidine rings is 1. The summed E-state index contributed by atoms with van der Waals surface area (Å²) in [5.41, 5.74) is 0.598. The molecule has 0 spiro atoms. The van der Waals surface area contributed by atoms with E-state index in [1.54, 1.807) is 23.7 Å². The standard InChI is InChI=1S/C19H26N4O2S/c24-16-6-5-15(19(25)23-11-14-3-1-7-20-10-14)12-21-18(22-13-16)9-17-4-2-8-26-17/h2,4,8,12-14,20,24H,1,3,5-7,9-11H2,(H,21,22)(H,23,25)/b15-12-,16-13-/t14-/m1/s1. The highest BCUT2D eigenvalue weighted by Crippen LogP contribution is 2.15. The first kappa shape index (κ1) is 18.7. The van der Waals surface area contributed by atoms with Gasteiger partial charge < -0.3 is 21.1 Å². The van der Waals surface area contributed by atoms with Gasteiger partial charge in [0.05, 0.1) is 0 Å². The average Bonchev–Trinajstić information content (AvgIpc) is 3.19. The van der Waals surface area contributed by atoms with E-state index in [1.807, 2.05) is 17.5 Å². The summed E-state index contributed by atoms with van der Waals surface area (Å²) in [7, 11) is 0. The van der Waals surface area contributed by atoms with Gasteiger partial charge in [0.2, 0.25) is 5.91 Å². The van der Waals surface area contributed by atoms with E-state index in [9.17, 15) is 9.90 Å². The molecule has 6 nitrogen and oxygen atoms in total. The molecule has 4 N–H and O–H groups in total. The molecular formula is C19H26N4O2S. The molecule has 0 aromatic carbocycles. The maximum atomic E-state index is 12.6. The van der Waals surface area contributed by atoms with Crippen molar-refractivity contribution in [2.45, 2.75) is 32.1 Å². The van der Waals surface area contributed by atoms with E-state index in [1.165, 1.54) is 4.88 Å². The molecule has 2 aliphatic rings. The van der Waals surface area contributed by atoms with E-state index in [2.05, 4.69) is 20.9 Å². The Hall–Kier alpha value is -2.12. The SMILES string of the molecule is O=C(NC[C@@H]1CCCNC1)/C1=C\N=C(Cc2cccs2)N/C=C(\O)CC1. The molecule has 1 amide bonds. The smallest absolute Gasteiger partial charge is 0.248 e. The quantitative estimate of drug-likeness (QED) is 0.638. The van der Waals surface area contributed by atoms with Crippen LogP contribution in [0.3, 0.4) is 0 Å². The van der Waals surface area contributed by atoms with E-state index >= 15 is 0 Å². The summed E-state index contributed by atoms with van der Waals surface area (Å²) in [6.07, 6.45) is 7.02. The van der Waals surface area contributed by atoms with Crippen molar-refractivity contribution >= 4 is 23.1 Å². The van der Waals surface area contributed by atoms with Crippen molar-refractivity contribution in [3.63, 3.8) is 0 Å². The van der Waals surface area contributed by atoms with E-state index in [0.717, 1.165) is 25.9 Å². The molecule has 1 atom stereocenters. The van der Waals surface area contributed by atoms with Gasteiger partial charge >= 0.3 is 0 Å². The third kappa shape index (κ3) is 5.71. The van der Waals surface area contributed by atoms with E-state index < -0.39 is 0 Å². The predicted molar refractivity (Wildman–Crippen MR) is 105 cm³/mol. The number of nitrogens with one attached hydrogen (secondary N) is 3. The van der Waals surface area contributed by atoms with Crippen LogP contribution in [0.25, 0.3) is 0 Å². The first-order valence-electron chi connectivity index (χ1n) is 9.12. The lowest BCUT2D eigenvalue weighted by Gasteiger charge is -2.23.